The minimum absolute atomic E-state index is 0.108. The minimum Gasteiger partial charge on any atom is -0.477 e. The first-order chi connectivity index (χ1) is 17.3. The first kappa shape index (κ1) is 32.6. The molecule has 208 valence electrons. The Balaban J connectivity index is 2.09. The number of carboxylic acid groups (broad SMARTS) is 1. The Bertz CT molecular complexity index is 955. The van der Waals surface area contributed by atoms with Gasteiger partial charge in [0.05, 0.1) is 4.24 Å². The van der Waals surface area contributed by atoms with Gasteiger partial charge in [-0.3, -0.25) is 9.69 Å². The molecule has 10 nitrogen and oxygen atoms in total. The molecule has 5 atom stereocenters. The molecule has 2 aliphatic heterocycles. The monoisotopic (exact) mass is 679 g/mol. The van der Waals surface area contributed by atoms with Crippen molar-refractivity contribution in [2.45, 2.75) is 45.1 Å². The van der Waals surface area contributed by atoms with Crippen LogP contribution in [0.3, 0.4) is 0 Å². The van der Waals surface area contributed by atoms with Crippen LogP contribution < -0.4 is 0 Å². The van der Waals surface area contributed by atoms with Gasteiger partial charge in [0.2, 0.25) is 17.0 Å². The van der Waals surface area contributed by atoms with Crippen LogP contribution in [0.4, 0.5) is 9.59 Å². The van der Waals surface area contributed by atoms with Gasteiger partial charge in [-0.1, -0.05) is 87.4 Å². The van der Waals surface area contributed by atoms with E-state index in [-0.39, 0.29) is 28.7 Å². The number of aliphatic carboxylic acids is 1. The van der Waals surface area contributed by atoms with Crippen molar-refractivity contribution in [2.75, 3.05) is 12.4 Å². The van der Waals surface area contributed by atoms with Crippen molar-refractivity contribution in [1.29, 1.82) is 0 Å². The van der Waals surface area contributed by atoms with Crippen LogP contribution in [-0.2, 0) is 28.5 Å². The van der Waals surface area contributed by atoms with Gasteiger partial charge in [-0.2, -0.15) is 0 Å². The van der Waals surface area contributed by atoms with Crippen LogP contribution in [0.25, 0.3) is 0 Å². The maximum absolute atomic E-state index is 13.1. The smallest absolute Gasteiger partial charge is 0.477 e. The predicted molar refractivity (Wildman–Crippen MR) is 142 cm³/mol. The summed E-state index contributed by atoms with van der Waals surface area (Å²) in [6, 6.07) is 0. The van der Waals surface area contributed by atoms with Crippen LogP contribution in [0.15, 0.2) is 22.6 Å². The van der Waals surface area contributed by atoms with E-state index in [1.165, 1.54) is 13.0 Å². The molecule has 0 aromatic heterocycles. The number of hydrogen-bond acceptors (Lipinski definition) is 10. The highest BCUT2D eigenvalue weighted by Gasteiger charge is 2.68. The third-order valence-electron chi connectivity index (χ3n) is 4.78. The highest BCUT2D eigenvalue weighted by Crippen LogP contribution is 2.63. The third kappa shape index (κ3) is 7.75. The molecule has 2 aliphatic rings. The van der Waals surface area contributed by atoms with Gasteiger partial charge in [-0.05, 0) is 13.3 Å². The number of carbonyl (C=O) groups excluding carboxylic acids is 3. The Morgan fingerprint density at radius 2 is 1.68 bits per heavy atom. The van der Waals surface area contributed by atoms with Crippen molar-refractivity contribution in [3.63, 3.8) is 0 Å². The second-order valence-corrected chi connectivity index (χ2v) is 13.0. The lowest BCUT2D eigenvalue weighted by Gasteiger charge is -2.54. The zero-order valence-corrected chi connectivity index (χ0v) is 24.8. The summed E-state index contributed by atoms with van der Waals surface area (Å²) in [4.78, 5) is 46.4. The normalized spacial score (nSPS) is 23.2. The molecule has 1 saturated heterocycles. The molecule has 0 saturated carbocycles. The third-order valence-corrected chi connectivity index (χ3v) is 9.66. The van der Waals surface area contributed by atoms with Crippen LogP contribution in [0.2, 0.25) is 0 Å². The Hall–Kier alpha value is -0.600. The van der Waals surface area contributed by atoms with E-state index in [0.29, 0.717) is 0 Å². The Labute approximate surface area is 250 Å². The van der Waals surface area contributed by atoms with Crippen LogP contribution in [0.1, 0.15) is 13.3 Å². The molecule has 18 heteroatoms. The zero-order valence-electron chi connectivity index (χ0n) is 18.6. The van der Waals surface area contributed by atoms with Gasteiger partial charge in [-0.25, -0.2) is 14.4 Å². The summed E-state index contributed by atoms with van der Waals surface area (Å²) in [5.41, 5.74) is -2.95. The molecule has 0 aromatic carbocycles. The SMILES string of the molecule is C=CC[C@]12SC(SCCOC(=O)OC(Cl)C(Cl)Cl)=C(C(=O)O)N1C(=O)[C@@H]2C(C)OC(=O)OC(Cl)C(Cl)Cl. The molecule has 2 rings (SSSR count). The Morgan fingerprint density at radius 1 is 1.11 bits per heavy atom. The van der Waals surface area contributed by atoms with E-state index in [1.54, 1.807) is 0 Å². The van der Waals surface area contributed by atoms with Crippen LogP contribution in [-0.4, -0.2) is 78.3 Å². The number of carbonyl (C=O) groups is 4. The number of β-lactam (4-membered cyclic amide) rings is 1. The molecule has 1 amide bonds. The van der Waals surface area contributed by atoms with Gasteiger partial charge < -0.3 is 24.1 Å². The number of carboxylic acids is 1. The average Bonchev–Trinajstić information content (AvgIpc) is 3.06. The lowest BCUT2D eigenvalue weighted by Crippen LogP contribution is -2.70. The van der Waals surface area contributed by atoms with E-state index >= 15 is 0 Å². The lowest BCUT2D eigenvalue weighted by atomic mass is 9.80. The van der Waals surface area contributed by atoms with Gasteiger partial charge in [0.1, 0.15) is 23.5 Å². The zero-order chi connectivity index (χ0) is 28.1. The molecule has 1 fully saturated rings. The first-order valence-corrected chi connectivity index (χ1v) is 14.5. The Kier molecular flexibility index (Phi) is 12.5. The fraction of sp³-hybridized carbons (Fsp3) is 0.579. The molecule has 3 unspecified atom stereocenters. The second kappa shape index (κ2) is 14.2. The van der Waals surface area contributed by atoms with Gasteiger partial charge >= 0.3 is 18.3 Å². The van der Waals surface area contributed by atoms with Crippen LogP contribution in [0, 0.1) is 5.92 Å². The minimum atomic E-state index is -1.39. The van der Waals surface area contributed by atoms with Gasteiger partial charge in [0.25, 0.3) is 0 Å². The number of fused-ring (bicyclic) bond motifs is 1. The molecule has 1 N–H and O–H groups in total. The summed E-state index contributed by atoms with van der Waals surface area (Å²) >= 11 is 35.5. The largest absolute Gasteiger partial charge is 0.510 e. The number of halogens is 6. The standard InChI is InChI=1S/C19H19Cl6NO9S2/c1-3-4-19-8(7(2)33-18(31)35-13(25)11(22)23)14(27)26(19)9(15(28)29)16(37-19)36-6-5-32-17(30)34-12(24)10(20)21/h3,7-8,10-13H,1,4-6H2,2H3,(H,28,29)/t7?,8-,12?,13?,19+/m0/s1. The summed E-state index contributed by atoms with van der Waals surface area (Å²) in [5.74, 6) is -2.77. The van der Waals surface area contributed by atoms with Gasteiger partial charge in [0.15, 0.2) is 15.4 Å². The number of alkyl halides is 6. The fourth-order valence-electron chi connectivity index (χ4n) is 3.44. The summed E-state index contributed by atoms with van der Waals surface area (Å²) in [5, 5.41) is 9.83. The lowest BCUT2D eigenvalue weighted by molar-refractivity contribution is -0.167. The second-order valence-electron chi connectivity index (χ2n) is 7.16. The maximum atomic E-state index is 13.1. The van der Waals surface area contributed by atoms with Crippen LogP contribution in [0.5, 0.6) is 0 Å². The van der Waals surface area contributed by atoms with E-state index in [4.69, 9.17) is 83.8 Å². The van der Waals surface area contributed by atoms with Crippen LogP contribution >= 0.6 is 93.1 Å². The Morgan fingerprint density at radius 3 is 2.19 bits per heavy atom. The number of amides is 1. The molecule has 0 radical (unpaired) electrons. The van der Waals surface area contributed by atoms with E-state index in [2.05, 4.69) is 11.3 Å². The molecule has 0 spiro atoms. The molecule has 37 heavy (non-hydrogen) atoms. The van der Waals surface area contributed by atoms with Crippen molar-refractivity contribution in [1.82, 2.24) is 4.90 Å². The number of ether oxygens (including phenoxy) is 4. The number of nitrogens with zero attached hydrogens (tertiary/aromatic N) is 1. The van der Waals surface area contributed by atoms with Gasteiger partial charge in [0, 0.05) is 5.75 Å². The summed E-state index contributed by atoms with van der Waals surface area (Å²) < 4.78 is 19.7. The van der Waals surface area contributed by atoms with Gasteiger partial charge in [-0.15, -0.1) is 18.3 Å². The molecule has 0 bridgehead atoms. The fourth-order valence-corrected chi connectivity index (χ4v) is 6.87. The molecular weight excluding hydrogens is 663 g/mol. The molecular formula is C19H19Cl6NO9S2. The van der Waals surface area contributed by atoms with E-state index < -0.39 is 61.9 Å². The van der Waals surface area contributed by atoms with Crippen molar-refractivity contribution in [3.05, 3.63) is 22.6 Å². The van der Waals surface area contributed by atoms with E-state index in [0.717, 1.165) is 28.4 Å². The number of rotatable bonds is 13. The average molecular weight is 682 g/mol. The molecule has 0 aliphatic carbocycles. The quantitative estimate of drug-likeness (QED) is 0.0822. The van der Waals surface area contributed by atoms with E-state index in [1.807, 2.05) is 0 Å². The number of hydrogen-bond donors (Lipinski definition) is 1. The van der Waals surface area contributed by atoms with Crippen molar-refractivity contribution in [3.8, 4) is 0 Å². The number of thioether (sulfide) groups is 2. The molecule has 2 heterocycles. The topological polar surface area (TPSA) is 129 Å². The van der Waals surface area contributed by atoms with Crippen molar-refractivity contribution < 1.29 is 43.2 Å². The summed E-state index contributed by atoms with van der Waals surface area (Å²) in [6.45, 7) is 4.97. The van der Waals surface area contributed by atoms with Crippen molar-refractivity contribution >= 4 is 117 Å². The molecule has 0 aromatic rings. The first-order valence-electron chi connectivity index (χ1n) is 10.1. The highest BCUT2D eigenvalue weighted by atomic mass is 35.5. The summed E-state index contributed by atoms with van der Waals surface area (Å²) in [7, 11) is 0. The summed E-state index contributed by atoms with van der Waals surface area (Å²) in [6.07, 6.45) is -1.68. The predicted octanol–water partition coefficient (Wildman–Crippen LogP) is 5.88. The maximum Gasteiger partial charge on any atom is 0.510 e. The highest BCUT2D eigenvalue weighted by molar-refractivity contribution is 8.23. The van der Waals surface area contributed by atoms with Crippen molar-refractivity contribution in [2.24, 2.45) is 5.92 Å². The van der Waals surface area contributed by atoms with E-state index in [9.17, 15) is 24.3 Å².